The predicted molar refractivity (Wildman–Crippen MR) is 186 cm³/mol. The van der Waals surface area contributed by atoms with Crippen molar-refractivity contribution in [2.24, 2.45) is 0 Å². The van der Waals surface area contributed by atoms with E-state index in [4.69, 9.17) is 0 Å². The third-order valence-electron chi connectivity index (χ3n) is 7.99. The van der Waals surface area contributed by atoms with Crippen LogP contribution in [0.1, 0.15) is 93.8 Å². The molecule has 44 heavy (non-hydrogen) atoms. The molecule has 1 aliphatic carbocycles. The maximum Gasteiger partial charge on any atom is 0.00418 e. The molecule has 236 valence electrons. The molecule has 5 rings (SSSR count). The van der Waals surface area contributed by atoms with Gasteiger partial charge in [-0.25, -0.2) is 6.07 Å². The molecule has 0 spiro atoms. The van der Waals surface area contributed by atoms with Crippen LogP contribution in [0.3, 0.4) is 0 Å². The fraction of sp³-hybridized carbons (Fsp3) is 0.400. The molecule has 0 bridgehead atoms. The van der Waals surface area contributed by atoms with Crippen LogP contribution in [0.4, 0.5) is 0 Å². The molecule has 0 saturated heterocycles. The Morgan fingerprint density at radius 3 is 1.86 bits per heavy atom. The number of aryl methyl sites for hydroxylation is 2. The number of fused-ring (bicyclic) bond motifs is 3. The van der Waals surface area contributed by atoms with Gasteiger partial charge in [0.1, 0.15) is 0 Å². The molecular weight excluding hydrogens is 671 g/mol. The van der Waals surface area contributed by atoms with Gasteiger partial charge in [-0.2, -0.15) is 46.1 Å². The summed E-state index contributed by atoms with van der Waals surface area (Å²) >= 11 is 1.54. The average molecular weight is 723 g/mol. The summed E-state index contributed by atoms with van der Waals surface area (Å²) in [6, 6.07) is 30.4. The Bertz CT molecular complexity index is 1450. The topological polar surface area (TPSA) is 0 Å². The van der Waals surface area contributed by atoms with Gasteiger partial charge in [-0.3, -0.25) is 0 Å². The molecule has 0 unspecified atom stereocenters. The second kappa shape index (κ2) is 16.4. The number of hydrogen-bond donors (Lipinski definition) is 0. The first-order valence-electron chi connectivity index (χ1n) is 15.5. The molecule has 0 aromatic heterocycles. The summed E-state index contributed by atoms with van der Waals surface area (Å²) in [7, 11) is -1.06. The normalized spacial score (nSPS) is 11.9. The van der Waals surface area contributed by atoms with Crippen LogP contribution >= 0.6 is 0 Å². The third kappa shape index (κ3) is 10.8. The Morgan fingerprint density at radius 2 is 1.41 bits per heavy atom. The van der Waals surface area contributed by atoms with Gasteiger partial charge in [0.15, 0.2) is 0 Å². The molecule has 0 N–H and O–H groups in total. The zero-order chi connectivity index (χ0) is 31.5. The van der Waals surface area contributed by atoms with Gasteiger partial charge in [-0.05, 0) is 28.4 Å². The van der Waals surface area contributed by atoms with Crippen molar-refractivity contribution in [2.45, 2.75) is 106 Å². The zero-order valence-corrected chi connectivity index (χ0v) is 34.1. The van der Waals surface area contributed by atoms with E-state index >= 15 is 0 Å². The van der Waals surface area contributed by atoms with Gasteiger partial charge in [0, 0.05) is 8.07 Å². The molecule has 4 heteroatoms. The zero-order valence-electron chi connectivity index (χ0n) is 29.1. The van der Waals surface area contributed by atoms with Gasteiger partial charge in [-0.1, -0.05) is 98.8 Å². The van der Waals surface area contributed by atoms with E-state index in [0.717, 1.165) is 6.42 Å². The average Bonchev–Trinajstić information content (AvgIpc) is 3.46. The van der Waals surface area contributed by atoms with E-state index in [2.05, 4.69) is 161 Å². The molecule has 0 heterocycles. The van der Waals surface area contributed by atoms with E-state index in [9.17, 15) is 0 Å². The fourth-order valence-electron chi connectivity index (χ4n) is 5.48. The summed E-state index contributed by atoms with van der Waals surface area (Å²) in [5, 5.41) is 1.62. The summed E-state index contributed by atoms with van der Waals surface area (Å²) in [5.74, 6) is 0. The predicted octanol–water partition coefficient (Wildman–Crippen LogP) is 4.39. The van der Waals surface area contributed by atoms with Crippen molar-refractivity contribution >= 4 is 16.5 Å². The number of benzene rings is 3. The van der Waals surface area contributed by atoms with E-state index < -0.39 is 8.07 Å². The largest absolute Gasteiger partial charge is 1.00 e. The molecule has 0 nitrogen and oxygen atoms in total. The van der Waals surface area contributed by atoms with Crippen LogP contribution in [0.25, 0.3) is 11.1 Å². The van der Waals surface area contributed by atoms with Crippen molar-refractivity contribution in [3.05, 3.63) is 118 Å². The van der Waals surface area contributed by atoms with Crippen molar-refractivity contribution < 1.29 is 49.0 Å². The van der Waals surface area contributed by atoms with Gasteiger partial charge in [-0.15, -0.1) is 11.1 Å². The van der Waals surface area contributed by atoms with Crippen molar-refractivity contribution in [1.82, 2.24) is 0 Å². The van der Waals surface area contributed by atoms with Gasteiger partial charge in [0.2, 0.25) is 0 Å². The van der Waals surface area contributed by atoms with Crippen molar-refractivity contribution in [3.63, 3.8) is 0 Å². The Balaban J connectivity index is 0.000000358. The fourth-order valence-corrected chi connectivity index (χ4v) is 7.81. The molecule has 4 aromatic carbocycles. The van der Waals surface area contributed by atoms with Gasteiger partial charge < -0.3 is 24.8 Å². The number of hydrogen-bond acceptors (Lipinski definition) is 0. The van der Waals surface area contributed by atoms with Gasteiger partial charge >= 0.3 is 76.7 Å². The van der Waals surface area contributed by atoms with Gasteiger partial charge in [0.05, 0.1) is 0 Å². The van der Waals surface area contributed by atoms with Gasteiger partial charge in [0.25, 0.3) is 0 Å². The maximum atomic E-state index is 3.67. The Morgan fingerprint density at radius 1 is 0.818 bits per heavy atom. The first kappa shape index (κ1) is 40.6. The number of halogens is 2. The Hall–Kier alpha value is -1.44. The van der Waals surface area contributed by atoms with E-state index in [1.54, 1.807) is 8.39 Å². The second-order valence-electron chi connectivity index (χ2n) is 14.9. The van der Waals surface area contributed by atoms with Crippen LogP contribution in [-0.4, -0.2) is 11.3 Å². The SMILES string of the molecule is CC(C)(C)c1[c-]c2c(cc1)-c1ccc(C(C)(C)C)cc1C2.CC[C](=[Zr+2])c1ccccc1.Cc1cc([Si](C)(C)C)c(C)[cH-]1.[Cl-].[Cl-]. The van der Waals surface area contributed by atoms with Crippen molar-refractivity contribution in [2.75, 3.05) is 0 Å². The van der Waals surface area contributed by atoms with Crippen LogP contribution in [-0.2, 0) is 41.5 Å². The smallest absolute Gasteiger partial charge is 0.00418 e. The molecule has 0 fully saturated rings. The molecule has 0 aliphatic heterocycles. The Kier molecular flexibility index (Phi) is 15.1. The quantitative estimate of drug-likeness (QED) is 0.192. The minimum absolute atomic E-state index is 0. The standard InChI is InChI=1S/C21H25.C10H17Si.C9H10.2ClH.Zr/c1-20(2,3)16-7-9-18-14(12-16)11-15-13-17(21(4,5)6)8-10-19(15)18;1-8-6-9(2)10(7-8)11(3,4)5;1-2-6-9-7-4-3-5-8-9;;;/h7-10,12H,11H2,1-6H3;6-7H,1-5H3;3-5,7-8H,2H2,1H3;2*1H;/q2*-1;;;;+2/p-2. The Labute approximate surface area is 298 Å². The van der Waals surface area contributed by atoms with Crippen LogP contribution in [0.5, 0.6) is 0 Å². The van der Waals surface area contributed by atoms with Crippen LogP contribution in [0, 0.1) is 19.9 Å². The van der Waals surface area contributed by atoms with Crippen LogP contribution < -0.4 is 30.0 Å². The van der Waals surface area contributed by atoms with Crippen molar-refractivity contribution in [1.29, 1.82) is 0 Å². The second-order valence-corrected chi connectivity index (χ2v) is 21.4. The first-order chi connectivity index (χ1) is 19.4. The van der Waals surface area contributed by atoms with E-state index in [1.165, 1.54) is 80.7 Å². The first-order valence-corrected chi connectivity index (χ1v) is 20.2. The van der Waals surface area contributed by atoms with E-state index in [1.807, 2.05) is 0 Å². The summed E-state index contributed by atoms with van der Waals surface area (Å²) in [6.07, 6.45) is 2.21. The number of rotatable bonds is 3. The molecular formula is C40H52Cl2SiZr-2. The summed E-state index contributed by atoms with van der Waals surface area (Å²) in [5.41, 5.74) is 13.0. The maximum absolute atomic E-state index is 3.67. The minimum Gasteiger partial charge on any atom is -1.00 e. The van der Waals surface area contributed by atoms with E-state index in [0.29, 0.717) is 0 Å². The van der Waals surface area contributed by atoms with Crippen molar-refractivity contribution in [3.8, 4) is 11.1 Å². The molecule has 0 saturated carbocycles. The van der Waals surface area contributed by atoms with Crippen LogP contribution in [0.2, 0.25) is 19.6 Å². The monoisotopic (exact) mass is 720 g/mol. The molecule has 1 aliphatic rings. The molecule has 4 aromatic rings. The molecule has 0 amide bonds. The minimum atomic E-state index is -1.06. The molecule has 0 radical (unpaired) electrons. The summed E-state index contributed by atoms with van der Waals surface area (Å²) < 4.78 is 1.55. The summed E-state index contributed by atoms with van der Waals surface area (Å²) in [4.78, 5) is 0. The summed E-state index contributed by atoms with van der Waals surface area (Å²) in [6.45, 7) is 27.4. The third-order valence-corrected chi connectivity index (χ3v) is 11.7. The van der Waals surface area contributed by atoms with E-state index in [-0.39, 0.29) is 35.6 Å². The molecule has 0 atom stereocenters. The van der Waals surface area contributed by atoms with Crippen LogP contribution in [0.15, 0.2) is 72.8 Å².